The predicted octanol–water partition coefficient (Wildman–Crippen LogP) is 5.69. The summed E-state index contributed by atoms with van der Waals surface area (Å²) in [7, 11) is 0. The number of benzene rings is 2. The molecule has 0 N–H and O–H groups in total. The van der Waals surface area contributed by atoms with E-state index in [1.54, 1.807) is 0 Å². The smallest absolute Gasteiger partial charge is 0.324 e. The average molecular weight is 473 g/mol. The van der Waals surface area contributed by atoms with E-state index in [-0.39, 0.29) is 30.7 Å². The van der Waals surface area contributed by atoms with Gasteiger partial charge < -0.3 is 4.84 Å². The highest BCUT2D eigenvalue weighted by atomic mass is 35.5. The van der Waals surface area contributed by atoms with Crippen LogP contribution in [0.2, 0.25) is 20.1 Å². The molecule has 28 heavy (non-hydrogen) atoms. The number of rotatable bonds is 2. The lowest BCUT2D eigenvalue weighted by atomic mass is 10.1. The Balaban J connectivity index is 1.91. The van der Waals surface area contributed by atoms with Crippen molar-refractivity contribution in [2.75, 3.05) is 0 Å². The average Bonchev–Trinajstić information content (AvgIpc) is 2.88. The Hall–Kier alpha value is -2.00. The zero-order valence-corrected chi connectivity index (χ0v) is 16.1. The second-order valence-electron chi connectivity index (χ2n) is 5.36. The van der Waals surface area contributed by atoms with Crippen LogP contribution in [0, 0.1) is 0 Å². The Kier molecular flexibility index (Phi) is 5.26. The predicted molar refractivity (Wildman–Crippen MR) is 93.8 cm³/mol. The van der Waals surface area contributed by atoms with E-state index >= 15 is 0 Å². The van der Waals surface area contributed by atoms with E-state index in [1.807, 2.05) is 0 Å². The summed E-state index contributed by atoms with van der Waals surface area (Å²) in [5.74, 6) is -3.52. The van der Waals surface area contributed by atoms with Crippen molar-refractivity contribution in [1.82, 2.24) is 5.06 Å². The van der Waals surface area contributed by atoms with E-state index < -0.39 is 40.7 Å². The SMILES string of the molecule is O=C(ON1C(=O)c2c(Cl)c(Cl)c(Cl)c(Cl)c2C1=O)c1ccc(C(F)(F)F)cc1. The van der Waals surface area contributed by atoms with Gasteiger partial charge in [0, 0.05) is 0 Å². The molecule has 2 aromatic carbocycles. The Bertz CT molecular complexity index is 991. The monoisotopic (exact) mass is 471 g/mol. The highest BCUT2D eigenvalue weighted by molar-refractivity contribution is 6.55. The topological polar surface area (TPSA) is 63.7 Å². The summed E-state index contributed by atoms with van der Waals surface area (Å²) >= 11 is 23.6. The molecular formula is C16H4Cl4F3NO4. The minimum Gasteiger partial charge on any atom is -0.324 e. The van der Waals surface area contributed by atoms with Crippen molar-refractivity contribution >= 4 is 64.2 Å². The lowest BCUT2D eigenvalue weighted by Crippen LogP contribution is -2.32. The molecule has 0 aromatic heterocycles. The molecule has 3 rings (SSSR count). The van der Waals surface area contributed by atoms with Gasteiger partial charge in [-0.3, -0.25) is 9.59 Å². The minimum absolute atomic E-state index is 0.0785. The third-order valence-electron chi connectivity index (χ3n) is 3.69. The van der Waals surface area contributed by atoms with Crippen LogP contribution < -0.4 is 0 Å². The highest BCUT2D eigenvalue weighted by Gasteiger charge is 2.44. The minimum atomic E-state index is -4.60. The van der Waals surface area contributed by atoms with E-state index in [1.165, 1.54) is 0 Å². The van der Waals surface area contributed by atoms with Crippen molar-refractivity contribution in [3.05, 3.63) is 66.6 Å². The molecular weight excluding hydrogens is 469 g/mol. The van der Waals surface area contributed by atoms with Crippen molar-refractivity contribution < 1.29 is 32.4 Å². The van der Waals surface area contributed by atoms with Crippen molar-refractivity contribution in [2.45, 2.75) is 6.18 Å². The maximum Gasteiger partial charge on any atom is 0.416 e. The summed E-state index contributed by atoms with van der Waals surface area (Å²) in [6.07, 6.45) is -4.60. The van der Waals surface area contributed by atoms with Gasteiger partial charge in [-0.05, 0) is 24.3 Å². The summed E-state index contributed by atoms with van der Waals surface area (Å²) in [5, 5.41) is -1.20. The third kappa shape index (κ3) is 3.30. The molecule has 0 atom stereocenters. The molecule has 2 aromatic rings. The number of amides is 2. The van der Waals surface area contributed by atoms with Gasteiger partial charge in [-0.15, -0.1) is 0 Å². The summed E-state index contributed by atoms with van der Waals surface area (Å²) in [4.78, 5) is 41.7. The number of halogens is 7. The molecule has 0 fully saturated rings. The third-order valence-corrected chi connectivity index (χ3v) is 5.49. The molecule has 0 bridgehead atoms. The fraction of sp³-hybridized carbons (Fsp3) is 0.0625. The summed E-state index contributed by atoms with van der Waals surface area (Å²) in [6, 6.07) is 2.95. The molecule has 2 amide bonds. The van der Waals surface area contributed by atoms with Gasteiger partial charge in [0.15, 0.2) is 0 Å². The first-order valence-corrected chi connectivity index (χ1v) is 8.60. The number of hydrogen-bond acceptors (Lipinski definition) is 4. The van der Waals surface area contributed by atoms with Crippen LogP contribution in [0.15, 0.2) is 24.3 Å². The normalized spacial score (nSPS) is 13.8. The van der Waals surface area contributed by atoms with Crippen LogP contribution in [0.5, 0.6) is 0 Å². The van der Waals surface area contributed by atoms with Gasteiger partial charge in [0.2, 0.25) is 0 Å². The van der Waals surface area contributed by atoms with Crippen LogP contribution >= 0.6 is 46.4 Å². The lowest BCUT2D eigenvalue weighted by molar-refractivity contribution is -0.137. The summed E-state index contributed by atoms with van der Waals surface area (Å²) in [5.41, 5.74) is -2.15. The molecule has 0 radical (unpaired) electrons. The van der Waals surface area contributed by atoms with E-state index in [4.69, 9.17) is 51.2 Å². The Morgan fingerprint density at radius 2 is 1.25 bits per heavy atom. The number of nitrogens with zero attached hydrogens (tertiary/aromatic N) is 1. The number of carbonyl (C=O) groups excluding carboxylic acids is 3. The molecule has 1 aliphatic heterocycles. The van der Waals surface area contributed by atoms with Crippen molar-refractivity contribution in [3.63, 3.8) is 0 Å². The quantitative estimate of drug-likeness (QED) is 0.320. The number of fused-ring (bicyclic) bond motifs is 1. The molecule has 0 aliphatic carbocycles. The van der Waals surface area contributed by atoms with Gasteiger partial charge in [-0.1, -0.05) is 51.5 Å². The number of hydroxylamine groups is 2. The molecule has 5 nitrogen and oxygen atoms in total. The van der Waals surface area contributed by atoms with Gasteiger partial charge in [-0.25, -0.2) is 4.79 Å². The van der Waals surface area contributed by atoms with E-state index in [2.05, 4.69) is 0 Å². The maximum atomic E-state index is 12.6. The molecule has 0 spiro atoms. The Morgan fingerprint density at radius 3 is 1.64 bits per heavy atom. The van der Waals surface area contributed by atoms with Crippen molar-refractivity contribution in [1.29, 1.82) is 0 Å². The maximum absolute atomic E-state index is 12.6. The Morgan fingerprint density at radius 1 is 0.821 bits per heavy atom. The van der Waals surface area contributed by atoms with Gasteiger partial charge in [0.1, 0.15) is 0 Å². The second-order valence-corrected chi connectivity index (χ2v) is 6.88. The number of imide groups is 1. The van der Waals surface area contributed by atoms with Crippen LogP contribution in [0.3, 0.4) is 0 Å². The zero-order valence-electron chi connectivity index (χ0n) is 13.0. The first-order chi connectivity index (χ1) is 12.9. The van der Waals surface area contributed by atoms with Gasteiger partial charge >= 0.3 is 12.1 Å². The van der Waals surface area contributed by atoms with Crippen LogP contribution in [0.1, 0.15) is 36.6 Å². The van der Waals surface area contributed by atoms with Gasteiger partial charge in [0.05, 0.1) is 42.3 Å². The van der Waals surface area contributed by atoms with Crippen molar-refractivity contribution in [3.8, 4) is 0 Å². The standard InChI is InChI=1S/C16H4Cl4F3NO4/c17-9-7-8(10(18)12(20)11(9)19)14(26)24(13(7)25)28-15(27)5-1-3-6(4-2-5)16(21,22)23/h1-4H. The van der Waals surface area contributed by atoms with Crippen LogP contribution in [0.4, 0.5) is 13.2 Å². The largest absolute Gasteiger partial charge is 0.416 e. The lowest BCUT2D eigenvalue weighted by Gasteiger charge is -2.13. The first-order valence-electron chi connectivity index (χ1n) is 7.09. The van der Waals surface area contributed by atoms with E-state index in [0.29, 0.717) is 12.1 Å². The van der Waals surface area contributed by atoms with E-state index in [0.717, 1.165) is 12.1 Å². The Labute approximate surface area is 174 Å². The molecule has 146 valence electrons. The van der Waals surface area contributed by atoms with Gasteiger partial charge in [0.25, 0.3) is 11.8 Å². The van der Waals surface area contributed by atoms with Crippen molar-refractivity contribution in [2.24, 2.45) is 0 Å². The molecule has 0 saturated carbocycles. The fourth-order valence-electron chi connectivity index (χ4n) is 2.34. The molecule has 0 saturated heterocycles. The zero-order chi connectivity index (χ0) is 21.0. The van der Waals surface area contributed by atoms with Crippen LogP contribution in [-0.4, -0.2) is 22.8 Å². The van der Waals surface area contributed by atoms with Crippen LogP contribution in [-0.2, 0) is 11.0 Å². The molecule has 0 unspecified atom stereocenters. The first kappa shape index (κ1) is 20.7. The second kappa shape index (κ2) is 7.11. The fourth-order valence-corrected chi connectivity index (χ4v) is 3.36. The number of carbonyl (C=O) groups is 3. The van der Waals surface area contributed by atoms with Gasteiger partial charge in [-0.2, -0.15) is 13.2 Å². The summed E-state index contributed by atoms with van der Waals surface area (Å²) < 4.78 is 37.7. The number of alkyl halides is 3. The van der Waals surface area contributed by atoms with Crippen LogP contribution in [0.25, 0.3) is 0 Å². The molecule has 1 heterocycles. The number of hydrogen-bond donors (Lipinski definition) is 0. The van der Waals surface area contributed by atoms with E-state index in [9.17, 15) is 27.6 Å². The highest BCUT2D eigenvalue weighted by Crippen LogP contribution is 2.44. The molecule has 1 aliphatic rings. The molecule has 12 heteroatoms. The summed E-state index contributed by atoms with van der Waals surface area (Å²) in [6.45, 7) is 0.